The number of imidazole rings is 1. The molecule has 1 aliphatic rings. The summed E-state index contributed by atoms with van der Waals surface area (Å²) in [7, 11) is 0. The zero-order valence-corrected chi connectivity index (χ0v) is 14.4. The number of nitrogen functional groups attached to an aromatic ring is 1. The van der Waals surface area contributed by atoms with Gasteiger partial charge in [0.15, 0.2) is 11.5 Å². The molecule has 2 atom stereocenters. The van der Waals surface area contributed by atoms with Crippen molar-refractivity contribution in [1.29, 1.82) is 0 Å². The average Bonchev–Trinajstić information content (AvgIpc) is 3.03. The van der Waals surface area contributed by atoms with Crippen LogP contribution < -0.4 is 5.73 Å². The largest absolute Gasteiger partial charge is 0.388 e. The number of fused-ring (bicyclic) bond motifs is 1. The Morgan fingerprint density at radius 1 is 1.31 bits per heavy atom. The summed E-state index contributed by atoms with van der Waals surface area (Å²) in [6.07, 6.45) is 4.84. The fourth-order valence-electron chi connectivity index (χ4n) is 3.44. The highest BCUT2D eigenvalue weighted by Crippen LogP contribution is 2.34. The number of pyridine rings is 1. The van der Waals surface area contributed by atoms with E-state index in [0.29, 0.717) is 43.0 Å². The summed E-state index contributed by atoms with van der Waals surface area (Å²) in [4.78, 5) is 18.9. The third-order valence-electron chi connectivity index (χ3n) is 4.98. The summed E-state index contributed by atoms with van der Waals surface area (Å²) in [6.45, 7) is 3.70. The number of anilines is 1. The molecule has 136 valence electrons. The van der Waals surface area contributed by atoms with Crippen LogP contribution in [0.2, 0.25) is 0 Å². The van der Waals surface area contributed by atoms with Crippen molar-refractivity contribution < 1.29 is 9.50 Å². The molecule has 3 N–H and O–H groups in total. The van der Waals surface area contributed by atoms with Crippen LogP contribution in [-0.4, -0.2) is 53.2 Å². The molecule has 0 amide bonds. The predicted octanol–water partition coefficient (Wildman–Crippen LogP) is 1.14. The van der Waals surface area contributed by atoms with Crippen LogP contribution in [0.25, 0.3) is 11.2 Å². The molecule has 0 aliphatic carbocycles. The Labute approximate surface area is 149 Å². The quantitative estimate of drug-likeness (QED) is 0.724. The number of hydrogen-bond donors (Lipinski definition) is 2. The minimum Gasteiger partial charge on any atom is -0.388 e. The highest BCUT2D eigenvalue weighted by atomic mass is 19.1. The van der Waals surface area contributed by atoms with E-state index >= 15 is 0 Å². The van der Waals surface area contributed by atoms with Crippen LogP contribution in [0.5, 0.6) is 0 Å². The fraction of sp³-hybridized carbons (Fsp3) is 0.412. The Kier molecular flexibility index (Phi) is 4.04. The zero-order chi connectivity index (χ0) is 18.3. The van der Waals surface area contributed by atoms with Gasteiger partial charge in [-0.25, -0.2) is 19.3 Å². The van der Waals surface area contributed by atoms with Gasteiger partial charge in [-0.15, -0.1) is 0 Å². The molecule has 0 unspecified atom stereocenters. The number of hydrogen-bond acceptors (Lipinski definition) is 7. The van der Waals surface area contributed by atoms with Crippen molar-refractivity contribution in [3.63, 3.8) is 0 Å². The van der Waals surface area contributed by atoms with E-state index in [1.54, 1.807) is 12.4 Å². The Balaban J connectivity index is 1.62. The molecule has 0 saturated carbocycles. The first-order valence-corrected chi connectivity index (χ1v) is 8.42. The summed E-state index contributed by atoms with van der Waals surface area (Å²) in [5.41, 5.74) is 6.87. The number of halogens is 1. The van der Waals surface area contributed by atoms with Crippen LogP contribution in [0.3, 0.4) is 0 Å². The van der Waals surface area contributed by atoms with E-state index in [1.807, 2.05) is 11.5 Å². The van der Waals surface area contributed by atoms with Crippen LogP contribution in [0.1, 0.15) is 25.1 Å². The molecule has 0 bridgehead atoms. The van der Waals surface area contributed by atoms with E-state index in [0.717, 1.165) is 5.69 Å². The van der Waals surface area contributed by atoms with E-state index < -0.39 is 5.60 Å². The first-order valence-electron chi connectivity index (χ1n) is 8.42. The van der Waals surface area contributed by atoms with Gasteiger partial charge in [-0.1, -0.05) is 0 Å². The van der Waals surface area contributed by atoms with E-state index in [2.05, 4.69) is 24.8 Å². The molecule has 1 saturated heterocycles. The molecule has 4 rings (SSSR count). The summed E-state index contributed by atoms with van der Waals surface area (Å²) in [6, 6.07) is 2.83. The molecule has 1 fully saturated rings. The molecule has 3 aromatic rings. The number of aliphatic hydroxyl groups is 1. The van der Waals surface area contributed by atoms with Crippen molar-refractivity contribution in [2.24, 2.45) is 0 Å². The standard InChI is InChI=1S/C17H20FN7O/c1-17(26)4-5-24(7-12-3-2-11(18)6-20-12)8-13(17)25-10-23-14-15(19)21-9-22-16(14)25/h2-3,6,9-10,13,26H,4-5,7-8H2,1H3,(H2,19,21,22)/t13-,17-/m1/s1. The lowest BCUT2D eigenvalue weighted by Gasteiger charge is -2.43. The molecule has 26 heavy (non-hydrogen) atoms. The second kappa shape index (κ2) is 6.26. The molecule has 0 aromatic carbocycles. The minimum atomic E-state index is -0.917. The summed E-state index contributed by atoms with van der Waals surface area (Å²) >= 11 is 0. The molecule has 3 aromatic heterocycles. The van der Waals surface area contributed by atoms with Crippen LogP contribution in [0.4, 0.5) is 10.2 Å². The predicted molar refractivity (Wildman–Crippen MR) is 93.5 cm³/mol. The van der Waals surface area contributed by atoms with Crippen molar-refractivity contribution in [2.75, 3.05) is 18.8 Å². The van der Waals surface area contributed by atoms with Crippen molar-refractivity contribution in [2.45, 2.75) is 31.5 Å². The topological polar surface area (TPSA) is 106 Å². The third kappa shape index (κ3) is 2.99. The van der Waals surface area contributed by atoms with Gasteiger partial charge in [0, 0.05) is 19.6 Å². The molecular formula is C17H20FN7O. The van der Waals surface area contributed by atoms with E-state index in [4.69, 9.17) is 5.73 Å². The highest BCUT2D eigenvalue weighted by molar-refractivity contribution is 5.81. The maximum Gasteiger partial charge on any atom is 0.165 e. The molecule has 8 nitrogen and oxygen atoms in total. The summed E-state index contributed by atoms with van der Waals surface area (Å²) < 4.78 is 14.9. The SMILES string of the molecule is C[C@@]1(O)CCN(Cc2ccc(F)cn2)C[C@H]1n1cnc2c(N)ncnc21. The normalized spacial score (nSPS) is 24.2. The van der Waals surface area contributed by atoms with Gasteiger partial charge in [0.1, 0.15) is 17.7 Å². The summed E-state index contributed by atoms with van der Waals surface area (Å²) in [5.74, 6) is -0.0352. The lowest BCUT2D eigenvalue weighted by molar-refractivity contribution is -0.0518. The van der Waals surface area contributed by atoms with Gasteiger partial charge >= 0.3 is 0 Å². The van der Waals surface area contributed by atoms with E-state index in [9.17, 15) is 9.50 Å². The number of nitrogens with zero attached hydrogens (tertiary/aromatic N) is 6. The van der Waals surface area contributed by atoms with Crippen LogP contribution >= 0.6 is 0 Å². The monoisotopic (exact) mass is 357 g/mol. The molecular weight excluding hydrogens is 337 g/mol. The number of nitrogens with two attached hydrogens (primary N) is 1. The molecule has 0 radical (unpaired) electrons. The van der Waals surface area contributed by atoms with Gasteiger partial charge in [-0.05, 0) is 25.5 Å². The van der Waals surface area contributed by atoms with E-state index in [1.165, 1.54) is 18.6 Å². The van der Waals surface area contributed by atoms with Gasteiger partial charge < -0.3 is 15.4 Å². The third-order valence-corrected chi connectivity index (χ3v) is 4.98. The Bertz CT molecular complexity index is 925. The highest BCUT2D eigenvalue weighted by Gasteiger charge is 2.39. The maximum atomic E-state index is 13.1. The molecule has 9 heteroatoms. The van der Waals surface area contributed by atoms with Gasteiger partial charge in [0.05, 0.1) is 29.9 Å². The number of piperidine rings is 1. The fourth-order valence-corrected chi connectivity index (χ4v) is 3.44. The second-order valence-corrected chi connectivity index (χ2v) is 6.91. The average molecular weight is 357 g/mol. The Morgan fingerprint density at radius 3 is 2.92 bits per heavy atom. The van der Waals surface area contributed by atoms with Gasteiger partial charge in [-0.2, -0.15) is 0 Å². The zero-order valence-electron chi connectivity index (χ0n) is 14.4. The lowest BCUT2D eigenvalue weighted by Crippen LogP contribution is -2.50. The number of aromatic nitrogens is 5. The van der Waals surface area contributed by atoms with Crippen molar-refractivity contribution >= 4 is 17.0 Å². The van der Waals surface area contributed by atoms with Crippen LogP contribution in [0, 0.1) is 5.82 Å². The van der Waals surface area contributed by atoms with Crippen LogP contribution in [-0.2, 0) is 6.54 Å². The van der Waals surface area contributed by atoms with Gasteiger partial charge in [-0.3, -0.25) is 9.88 Å². The smallest absolute Gasteiger partial charge is 0.165 e. The van der Waals surface area contributed by atoms with Gasteiger partial charge in [0.25, 0.3) is 0 Å². The molecule has 0 spiro atoms. The molecule has 4 heterocycles. The Hall–Kier alpha value is -2.65. The van der Waals surface area contributed by atoms with E-state index in [-0.39, 0.29) is 11.9 Å². The molecule has 1 aliphatic heterocycles. The van der Waals surface area contributed by atoms with Crippen LogP contribution in [0.15, 0.2) is 31.0 Å². The minimum absolute atomic E-state index is 0.254. The Morgan fingerprint density at radius 2 is 2.15 bits per heavy atom. The lowest BCUT2D eigenvalue weighted by atomic mass is 9.88. The summed E-state index contributed by atoms with van der Waals surface area (Å²) in [5, 5.41) is 10.9. The van der Waals surface area contributed by atoms with Gasteiger partial charge in [0.2, 0.25) is 0 Å². The first-order chi connectivity index (χ1) is 12.4. The van der Waals surface area contributed by atoms with Crippen molar-refractivity contribution in [3.05, 3.63) is 42.5 Å². The number of rotatable bonds is 3. The van der Waals surface area contributed by atoms with Crippen molar-refractivity contribution in [3.8, 4) is 0 Å². The second-order valence-electron chi connectivity index (χ2n) is 6.91. The number of likely N-dealkylation sites (tertiary alicyclic amines) is 1. The first kappa shape index (κ1) is 16.8. The van der Waals surface area contributed by atoms with Crippen molar-refractivity contribution in [1.82, 2.24) is 29.4 Å². The maximum absolute atomic E-state index is 13.1.